The molecule has 0 bridgehead atoms. The third-order valence-electron chi connectivity index (χ3n) is 2.34. The van der Waals surface area contributed by atoms with Crippen LogP contribution in [0.15, 0.2) is 0 Å². The van der Waals surface area contributed by atoms with Crippen molar-refractivity contribution in [2.24, 2.45) is 0 Å². The van der Waals surface area contributed by atoms with Crippen LogP contribution in [0.4, 0.5) is 0 Å². The summed E-state index contributed by atoms with van der Waals surface area (Å²) in [6.45, 7) is 6.28. The van der Waals surface area contributed by atoms with Crippen LogP contribution in [0.2, 0.25) is 0 Å². The van der Waals surface area contributed by atoms with Gasteiger partial charge in [0.15, 0.2) is 11.6 Å². The van der Waals surface area contributed by atoms with Crippen LogP contribution in [0.3, 0.4) is 0 Å². The highest BCUT2D eigenvalue weighted by Crippen LogP contribution is 2.39. The molecule has 2 rings (SSSR count). The van der Waals surface area contributed by atoms with Gasteiger partial charge in [-0.3, -0.25) is 0 Å². The quantitative estimate of drug-likeness (QED) is 0.660. The van der Waals surface area contributed by atoms with Gasteiger partial charge in [-0.2, -0.15) is 0 Å². The van der Waals surface area contributed by atoms with E-state index in [0.29, 0.717) is 5.92 Å². The number of hydrogen-bond donors (Lipinski definition) is 1. The standard InChI is InChI=1S/C9H16N4/c1-9(2,3)8-12-11-7(13(8)10)6-4-5-6/h6H,4-5,10H2,1-3H3. The number of nitrogens with zero attached hydrogens (tertiary/aromatic N) is 3. The number of rotatable bonds is 1. The fourth-order valence-corrected chi connectivity index (χ4v) is 1.43. The zero-order valence-corrected chi connectivity index (χ0v) is 8.41. The molecule has 4 nitrogen and oxygen atoms in total. The number of nitrogen functional groups attached to an aromatic ring is 1. The second-order valence-corrected chi connectivity index (χ2v) is 4.78. The van der Waals surface area contributed by atoms with Gasteiger partial charge < -0.3 is 5.84 Å². The summed E-state index contributed by atoms with van der Waals surface area (Å²) in [6.07, 6.45) is 2.42. The van der Waals surface area contributed by atoms with Gasteiger partial charge in [0.05, 0.1) is 0 Å². The second kappa shape index (κ2) is 2.47. The van der Waals surface area contributed by atoms with E-state index in [1.807, 2.05) is 0 Å². The first-order chi connectivity index (χ1) is 6.00. The van der Waals surface area contributed by atoms with E-state index >= 15 is 0 Å². The van der Waals surface area contributed by atoms with Crippen LogP contribution >= 0.6 is 0 Å². The SMILES string of the molecule is CC(C)(C)c1nnc(C2CC2)n1N. The molecule has 72 valence electrons. The summed E-state index contributed by atoms with van der Waals surface area (Å²) in [6, 6.07) is 0. The summed E-state index contributed by atoms with van der Waals surface area (Å²) in [7, 11) is 0. The molecule has 0 spiro atoms. The van der Waals surface area contributed by atoms with E-state index in [9.17, 15) is 0 Å². The van der Waals surface area contributed by atoms with E-state index in [-0.39, 0.29) is 5.41 Å². The van der Waals surface area contributed by atoms with E-state index in [2.05, 4.69) is 31.0 Å². The Hall–Kier alpha value is -1.06. The fourth-order valence-electron chi connectivity index (χ4n) is 1.43. The first kappa shape index (κ1) is 8.53. The zero-order chi connectivity index (χ0) is 9.64. The summed E-state index contributed by atoms with van der Waals surface area (Å²) >= 11 is 0. The molecule has 0 radical (unpaired) electrons. The molecule has 0 aliphatic heterocycles. The van der Waals surface area contributed by atoms with Crippen LogP contribution in [0.25, 0.3) is 0 Å². The van der Waals surface area contributed by atoms with Gasteiger partial charge in [0.1, 0.15) is 0 Å². The van der Waals surface area contributed by atoms with Crippen molar-refractivity contribution < 1.29 is 0 Å². The summed E-state index contributed by atoms with van der Waals surface area (Å²) < 4.78 is 1.66. The van der Waals surface area contributed by atoms with E-state index in [4.69, 9.17) is 5.84 Å². The lowest BCUT2D eigenvalue weighted by molar-refractivity contribution is 0.525. The van der Waals surface area contributed by atoms with Crippen molar-refractivity contribution in [3.05, 3.63) is 11.6 Å². The maximum Gasteiger partial charge on any atom is 0.157 e. The average molecular weight is 180 g/mol. The van der Waals surface area contributed by atoms with Gasteiger partial charge in [-0.25, -0.2) is 4.68 Å². The minimum atomic E-state index is -0.0190. The van der Waals surface area contributed by atoms with Crippen LogP contribution in [-0.2, 0) is 5.41 Å². The van der Waals surface area contributed by atoms with E-state index in [1.165, 1.54) is 12.8 Å². The minimum absolute atomic E-state index is 0.0190. The number of aromatic nitrogens is 3. The Bertz CT molecular complexity index is 317. The number of hydrogen-bond acceptors (Lipinski definition) is 3. The van der Waals surface area contributed by atoms with Gasteiger partial charge in [-0.05, 0) is 12.8 Å². The fraction of sp³-hybridized carbons (Fsp3) is 0.778. The van der Waals surface area contributed by atoms with Crippen LogP contribution < -0.4 is 5.84 Å². The molecule has 1 aromatic rings. The third kappa shape index (κ3) is 1.41. The molecule has 0 unspecified atom stereocenters. The molecule has 0 aromatic carbocycles. The van der Waals surface area contributed by atoms with Crippen LogP contribution in [0.5, 0.6) is 0 Å². The maximum atomic E-state index is 5.92. The predicted molar refractivity (Wildman–Crippen MR) is 50.8 cm³/mol. The molecule has 1 aliphatic rings. The molecular weight excluding hydrogens is 164 g/mol. The number of nitrogens with two attached hydrogens (primary N) is 1. The predicted octanol–water partition coefficient (Wildman–Crippen LogP) is 1.17. The summed E-state index contributed by atoms with van der Waals surface area (Å²) in [5.74, 6) is 8.30. The van der Waals surface area contributed by atoms with Crippen molar-refractivity contribution in [2.45, 2.75) is 44.9 Å². The van der Waals surface area contributed by atoms with Gasteiger partial charge in [-0.1, -0.05) is 20.8 Å². The van der Waals surface area contributed by atoms with Crippen molar-refractivity contribution in [1.82, 2.24) is 14.9 Å². The first-order valence-electron chi connectivity index (χ1n) is 4.71. The normalized spacial score (nSPS) is 17.8. The second-order valence-electron chi connectivity index (χ2n) is 4.78. The molecule has 0 atom stereocenters. The molecule has 1 heterocycles. The first-order valence-corrected chi connectivity index (χ1v) is 4.71. The minimum Gasteiger partial charge on any atom is -0.336 e. The monoisotopic (exact) mass is 180 g/mol. The molecule has 13 heavy (non-hydrogen) atoms. The molecule has 4 heteroatoms. The highest BCUT2D eigenvalue weighted by Gasteiger charge is 2.32. The van der Waals surface area contributed by atoms with E-state index < -0.39 is 0 Å². The van der Waals surface area contributed by atoms with E-state index in [1.54, 1.807) is 4.68 Å². The lowest BCUT2D eigenvalue weighted by Gasteiger charge is -2.16. The van der Waals surface area contributed by atoms with E-state index in [0.717, 1.165) is 11.6 Å². The Labute approximate surface area is 78.1 Å². The van der Waals surface area contributed by atoms with Gasteiger partial charge in [-0.15, -0.1) is 10.2 Å². The summed E-state index contributed by atoms with van der Waals surface area (Å²) in [4.78, 5) is 0. The Balaban J connectivity index is 2.38. The van der Waals surface area contributed by atoms with Gasteiger partial charge in [0.25, 0.3) is 0 Å². The van der Waals surface area contributed by atoms with Crippen LogP contribution in [0, 0.1) is 0 Å². The Morgan fingerprint density at radius 3 is 2.31 bits per heavy atom. The lowest BCUT2D eigenvalue weighted by Crippen LogP contribution is -2.24. The van der Waals surface area contributed by atoms with Crippen molar-refractivity contribution in [1.29, 1.82) is 0 Å². The maximum absolute atomic E-state index is 5.92. The molecule has 2 N–H and O–H groups in total. The van der Waals surface area contributed by atoms with Gasteiger partial charge in [0, 0.05) is 11.3 Å². The lowest BCUT2D eigenvalue weighted by atomic mass is 9.96. The third-order valence-corrected chi connectivity index (χ3v) is 2.34. The van der Waals surface area contributed by atoms with Crippen molar-refractivity contribution >= 4 is 0 Å². The highest BCUT2D eigenvalue weighted by molar-refractivity contribution is 5.12. The van der Waals surface area contributed by atoms with Crippen LogP contribution in [0.1, 0.15) is 51.2 Å². The van der Waals surface area contributed by atoms with Crippen molar-refractivity contribution in [3.8, 4) is 0 Å². The molecule has 1 aromatic heterocycles. The van der Waals surface area contributed by atoms with Crippen molar-refractivity contribution in [2.75, 3.05) is 5.84 Å². The molecule has 1 saturated carbocycles. The van der Waals surface area contributed by atoms with Gasteiger partial charge >= 0.3 is 0 Å². The Kier molecular flexibility index (Phi) is 1.62. The Morgan fingerprint density at radius 2 is 1.92 bits per heavy atom. The average Bonchev–Trinajstić information content (AvgIpc) is 2.73. The summed E-state index contributed by atoms with van der Waals surface area (Å²) in [5.41, 5.74) is -0.0190. The molecule has 1 fully saturated rings. The largest absolute Gasteiger partial charge is 0.336 e. The van der Waals surface area contributed by atoms with Crippen LogP contribution in [-0.4, -0.2) is 14.9 Å². The zero-order valence-electron chi connectivity index (χ0n) is 8.41. The topological polar surface area (TPSA) is 56.7 Å². The highest BCUT2D eigenvalue weighted by atomic mass is 15.4. The summed E-state index contributed by atoms with van der Waals surface area (Å²) in [5, 5.41) is 8.27. The molecular formula is C9H16N4. The molecule has 1 aliphatic carbocycles. The van der Waals surface area contributed by atoms with Crippen molar-refractivity contribution in [3.63, 3.8) is 0 Å². The Morgan fingerprint density at radius 1 is 1.31 bits per heavy atom. The van der Waals surface area contributed by atoms with Gasteiger partial charge in [0.2, 0.25) is 0 Å². The smallest absolute Gasteiger partial charge is 0.157 e. The molecule has 0 amide bonds. The molecule has 0 saturated heterocycles.